The van der Waals surface area contributed by atoms with Crippen LogP contribution in [0.2, 0.25) is 0 Å². The second kappa shape index (κ2) is 9.90. The molecule has 0 fully saturated rings. The van der Waals surface area contributed by atoms with Crippen LogP contribution in [0.5, 0.6) is 11.5 Å². The average molecular weight is 450 g/mol. The first-order valence-corrected chi connectivity index (χ1v) is 10.4. The van der Waals surface area contributed by atoms with Crippen molar-refractivity contribution in [1.82, 2.24) is 20.8 Å². The van der Waals surface area contributed by atoms with Gasteiger partial charge >= 0.3 is 0 Å². The van der Waals surface area contributed by atoms with E-state index in [4.69, 9.17) is 4.52 Å². The largest absolute Gasteiger partial charge is 0.504 e. The first-order valence-electron chi connectivity index (χ1n) is 10.4. The zero-order chi connectivity index (χ0) is 23.2. The number of phenols is 2. The minimum atomic E-state index is -0.389. The topological polar surface area (TPSA) is 162 Å². The summed E-state index contributed by atoms with van der Waals surface area (Å²) in [5.74, 6) is -0.215. The van der Waals surface area contributed by atoms with Gasteiger partial charge in [0.25, 0.3) is 5.91 Å². The van der Waals surface area contributed by atoms with Crippen LogP contribution in [0.3, 0.4) is 0 Å². The molecule has 11 heteroatoms. The summed E-state index contributed by atoms with van der Waals surface area (Å²) in [4.78, 5) is 28.1. The maximum atomic E-state index is 12.1. The van der Waals surface area contributed by atoms with Gasteiger partial charge in [-0.05, 0) is 24.6 Å². The normalized spacial score (nSPS) is 16.7. The number of phenolic OH excluding ortho intramolecular Hbond substituents is 2. The van der Waals surface area contributed by atoms with Crippen LogP contribution < -0.4 is 10.6 Å². The molecule has 1 aromatic heterocycles. The quantitative estimate of drug-likeness (QED) is 0.333. The fourth-order valence-corrected chi connectivity index (χ4v) is 3.31. The van der Waals surface area contributed by atoms with E-state index in [1.165, 1.54) is 12.1 Å². The lowest BCUT2D eigenvalue weighted by Crippen LogP contribution is -2.28. The fraction of sp³-hybridized carbons (Fsp3) is 0.273. The number of fused-ring (bicyclic) bond motifs is 1. The Morgan fingerprint density at radius 2 is 2.00 bits per heavy atom. The number of nitrogens with zero attached hydrogens (tertiary/aromatic N) is 4. The van der Waals surface area contributed by atoms with Crippen molar-refractivity contribution < 1.29 is 24.3 Å². The second-order valence-corrected chi connectivity index (χ2v) is 7.41. The number of aromatic nitrogens is 2. The van der Waals surface area contributed by atoms with Gasteiger partial charge in [0.15, 0.2) is 17.3 Å². The summed E-state index contributed by atoms with van der Waals surface area (Å²) in [5, 5.41) is 36.4. The van der Waals surface area contributed by atoms with Crippen LogP contribution in [0.25, 0.3) is 11.4 Å². The first-order chi connectivity index (χ1) is 16.0. The maximum absolute atomic E-state index is 12.1. The van der Waals surface area contributed by atoms with Crippen molar-refractivity contribution in [1.29, 1.82) is 0 Å². The Hall–Kier alpha value is -4.28. The van der Waals surface area contributed by atoms with Crippen molar-refractivity contribution in [2.24, 2.45) is 16.1 Å². The molecule has 2 aliphatic rings. The summed E-state index contributed by atoms with van der Waals surface area (Å²) in [5.41, 5.74) is 1.28. The van der Waals surface area contributed by atoms with Crippen molar-refractivity contribution >= 4 is 11.8 Å². The molecule has 0 bridgehead atoms. The van der Waals surface area contributed by atoms with Crippen molar-refractivity contribution in [2.45, 2.75) is 19.3 Å². The van der Waals surface area contributed by atoms with Gasteiger partial charge in [-0.1, -0.05) is 29.5 Å². The second-order valence-electron chi connectivity index (χ2n) is 7.41. The van der Waals surface area contributed by atoms with Crippen molar-refractivity contribution in [3.63, 3.8) is 0 Å². The van der Waals surface area contributed by atoms with E-state index in [0.29, 0.717) is 36.8 Å². The summed E-state index contributed by atoms with van der Waals surface area (Å²) in [6.07, 6.45) is 8.41. The van der Waals surface area contributed by atoms with Crippen molar-refractivity contribution in [2.75, 3.05) is 13.1 Å². The molecule has 2 amide bonds. The molecular formula is C22H22N6O5. The molecule has 4 rings (SSSR count). The summed E-state index contributed by atoms with van der Waals surface area (Å²) in [7, 11) is 0. The van der Waals surface area contributed by atoms with Crippen LogP contribution in [0.1, 0.15) is 18.7 Å². The van der Waals surface area contributed by atoms with Gasteiger partial charge in [0.2, 0.25) is 17.6 Å². The van der Waals surface area contributed by atoms with Crippen LogP contribution >= 0.6 is 0 Å². The molecule has 0 spiro atoms. The predicted octanol–water partition coefficient (Wildman–Crippen LogP) is 2.12. The summed E-state index contributed by atoms with van der Waals surface area (Å²) in [6, 6.07) is 4.21. The Morgan fingerprint density at radius 1 is 1.12 bits per heavy atom. The Bertz CT molecular complexity index is 1180. The summed E-state index contributed by atoms with van der Waals surface area (Å²) >= 11 is 0. The number of benzene rings is 1. The maximum Gasteiger partial charge on any atom is 0.276 e. The number of azo groups is 1. The van der Waals surface area contributed by atoms with E-state index < -0.39 is 0 Å². The molecule has 11 nitrogen and oxygen atoms in total. The van der Waals surface area contributed by atoms with E-state index >= 15 is 0 Å². The third kappa shape index (κ3) is 5.32. The minimum Gasteiger partial charge on any atom is -0.504 e. The van der Waals surface area contributed by atoms with Gasteiger partial charge in [0.1, 0.15) is 0 Å². The van der Waals surface area contributed by atoms with Gasteiger partial charge in [-0.2, -0.15) is 4.98 Å². The fourth-order valence-electron chi connectivity index (χ4n) is 3.31. The molecule has 1 aliphatic carbocycles. The molecule has 170 valence electrons. The number of carbonyl (C=O) groups is 2. The first kappa shape index (κ1) is 21.9. The van der Waals surface area contributed by atoms with Crippen molar-refractivity contribution in [3.8, 4) is 22.9 Å². The molecule has 1 atom stereocenters. The zero-order valence-electron chi connectivity index (χ0n) is 17.6. The molecule has 4 N–H and O–H groups in total. The molecule has 2 aromatic rings. The van der Waals surface area contributed by atoms with E-state index in [2.05, 4.69) is 31.0 Å². The molecule has 33 heavy (non-hydrogen) atoms. The van der Waals surface area contributed by atoms with Crippen LogP contribution in [0.4, 0.5) is 0 Å². The monoisotopic (exact) mass is 450 g/mol. The SMILES string of the molecule is O=C(CCc1nc(-c2ccc(O)c(O)c2)no1)NCCCNC1=C2C=CC=CC2C(=O)N=N1. The van der Waals surface area contributed by atoms with E-state index in [1.54, 1.807) is 12.1 Å². The van der Waals surface area contributed by atoms with Crippen LogP contribution in [0, 0.1) is 5.92 Å². The number of hydrogen-bond acceptors (Lipinski definition) is 9. The van der Waals surface area contributed by atoms with Crippen molar-refractivity contribution in [3.05, 3.63) is 59.8 Å². The van der Waals surface area contributed by atoms with Gasteiger partial charge in [0.05, 0.1) is 5.92 Å². The third-order valence-corrected chi connectivity index (χ3v) is 5.05. The van der Waals surface area contributed by atoms with E-state index in [1.807, 2.05) is 18.2 Å². The number of hydrogen-bond donors (Lipinski definition) is 4. The van der Waals surface area contributed by atoms with Gasteiger partial charge in [0, 0.05) is 37.1 Å². The Balaban J connectivity index is 1.17. The van der Waals surface area contributed by atoms with E-state index in [9.17, 15) is 19.8 Å². The highest BCUT2D eigenvalue weighted by atomic mass is 16.5. The average Bonchev–Trinajstić information content (AvgIpc) is 3.30. The van der Waals surface area contributed by atoms with Crippen LogP contribution in [0.15, 0.2) is 68.6 Å². The molecule has 1 aromatic carbocycles. The third-order valence-electron chi connectivity index (χ3n) is 5.05. The zero-order valence-corrected chi connectivity index (χ0v) is 17.6. The molecular weight excluding hydrogens is 428 g/mol. The number of nitrogens with one attached hydrogen (secondary N) is 2. The van der Waals surface area contributed by atoms with Crippen LogP contribution in [-0.4, -0.2) is 45.3 Å². The standard InChI is InChI=1S/C22H22N6O5/c29-16-7-6-13(12-17(16)30)20-25-19(33-28-20)9-8-18(31)23-10-3-11-24-21-14-4-1-2-5-15(14)22(32)27-26-21/h1-2,4-7,12,15,24,29-30H,3,8-11H2,(H,23,31). The van der Waals surface area contributed by atoms with E-state index in [-0.39, 0.29) is 47.9 Å². The lowest BCUT2D eigenvalue weighted by atomic mass is 9.93. The molecule has 0 saturated carbocycles. The van der Waals surface area contributed by atoms with Gasteiger partial charge < -0.3 is 25.4 Å². The summed E-state index contributed by atoms with van der Waals surface area (Å²) in [6.45, 7) is 1.02. The highest BCUT2D eigenvalue weighted by Crippen LogP contribution is 2.29. The number of rotatable bonds is 9. The summed E-state index contributed by atoms with van der Waals surface area (Å²) < 4.78 is 5.15. The Labute approximate surface area is 188 Å². The highest BCUT2D eigenvalue weighted by Gasteiger charge is 2.26. The minimum absolute atomic E-state index is 0.151. The number of aryl methyl sites for hydroxylation is 1. The number of carbonyl (C=O) groups excluding carboxylic acids is 2. The molecule has 0 saturated heterocycles. The molecule has 1 aliphatic heterocycles. The van der Waals surface area contributed by atoms with Crippen LogP contribution in [-0.2, 0) is 16.0 Å². The predicted molar refractivity (Wildman–Crippen MR) is 116 cm³/mol. The number of amides is 2. The highest BCUT2D eigenvalue weighted by molar-refractivity contribution is 5.86. The van der Waals surface area contributed by atoms with Gasteiger partial charge in [-0.25, -0.2) is 0 Å². The number of aromatic hydroxyl groups is 2. The Morgan fingerprint density at radius 3 is 2.85 bits per heavy atom. The molecule has 1 unspecified atom stereocenters. The lowest BCUT2D eigenvalue weighted by molar-refractivity contribution is -0.121. The lowest BCUT2D eigenvalue weighted by Gasteiger charge is -2.20. The number of allylic oxidation sites excluding steroid dienone is 3. The van der Waals surface area contributed by atoms with E-state index in [0.717, 1.165) is 5.57 Å². The van der Waals surface area contributed by atoms with Gasteiger partial charge in [-0.15, -0.1) is 10.2 Å². The molecule has 0 radical (unpaired) electrons. The Kier molecular flexibility index (Phi) is 6.58. The van der Waals surface area contributed by atoms with Gasteiger partial charge in [-0.3, -0.25) is 9.59 Å². The molecule has 2 heterocycles. The smallest absolute Gasteiger partial charge is 0.276 e.